The molecule has 0 aromatic heterocycles. The summed E-state index contributed by atoms with van der Waals surface area (Å²) in [5, 5.41) is 0. The minimum absolute atomic E-state index is 0.153. The Hall–Kier alpha value is -0.270. The molecule has 0 spiro atoms. The summed E-state index contributed by atoms with van der Waals surface area (Å²) in [6.45, 7) is 0.862. The molecule has 84 valence electrons. The maximum atomic E-state index is 13.2. The van der Waals surface area contributed by atoms with Crippen LogP contribution in [-0.2, 0) is 10.2 Å². The van der Waals surface area contributed by atoms with Gasteiger partial charge in [-0.05, 0) is 6.42 Å². The minimum atomic E-state index is -3.71. The molecule has 0 aromatic carbocycles. The van der Waals surface area contributed by atoms with E-state index in [-0.39, 0.29) is 13.0 Å². The van der Waals surface area contributed by atoms with Crippen molar-refractivity contribution in [3.63, 3.8) is 0 Å². The van der Waals surface area contributed by atoms with E-state index in [1.165, 1.54) is 14.0 Å². The molecule has 1 N–H and O–H groups in total. The smallest absolute Gasteiger partial charge is 0.205 e. The molecule has 1 fully saturated rings. The van der Waals surface area contributed by atoms with Gasteiger partial charge in [-0.25, -0.2) is 13.5 Å². The van der Waals surface area contributed by atoms with Gasteiger partial charge in [0.1, 0.15) is 0 Å². The van der Waals surface area contributed by atoms with Gasteiger partial charge in [0.2, 0.25) is 0 Å². The van der Waals surface area contributed by atoms with Crippen LogP contribution in [0.3, 0.4) is 0 Å². The maximum absolute atomic E-state index is 13.2. The molecule has 0 aliphatic carbocycles. The van der Waals surface area contributed by atoms with Crippen molar-refractivity contribution in [2.24, 2.45) is 5.92 Å². The highest BCUT2D eigenvalue weighted by atomic mass is 32.2. The van der Waals surface area contributed by atoms with Gasteiger partial charge in [0, 0.05) is 19.5 Å². The maximum Gasteiger partial charge on any atom is 0.279 e. The van der Waals surface area contributed by atoms with Crippen molar-refractivity contribution >= 4 is 10.2 Å². The first-order chi connectivity index (χ1) is 6.29. The molecule has 0 bridgehead atoms. The minimum Gasteiger partial charge on any atom is -0.205 e. The Balaban J connectivity index is 2.79. The van der Waals surface area contributed by atoms with Crippen LogP contribution < -0.4 is 4.72 Å². The number of alkyl halides is 2. The van der Waals surface area contributed by atoms with Gasteiger partial charge in [-0.15, -0.1) is 0 Å². The fourth-order valence-corrected chi connectivity index (χ4v) is 2.30. The zero-order chi connectivity index (χ0) is 11.0. The van der Waals surface area contributed by atoms with Crippen molar-refractivity contribution < 1.29 is 17.2 Å². The van der Waals surface area contributed by atoms with E-state index in [1.807, 2.05) is 4.72 Å². The van der Waals surface area contributed by atoms with Crippen LogP contribution in [-0.4, -0.2) is 38.8 Å². The molecular formula is C7H14F2N2O2S. The van der Waals surface area contributed by atoms with Gasteiger partial charge < -0.3 is 0 Å². The third kappa shape index (κ3) is 2.21. The Labute approximate surface area is 82.5 Å². The summed E-state index contributed by atoms with van der Waals surface area (Å²) >= 11 is 0. The molecule has 4 nitrogen and oxygen atoms in total. The Morgan fingerprint density at radius 1 is 1.50 bits per heavy atom. The summed E-state index contributed by atoms with van der Waals surface area (Å²) in [5.41, 5.74) is 0. The molecular weight excluding hydrogens is 214 g/mol. The van der Waals surface area contributed by atoms with Gasteiger partial charge in [0.05, 0.1) is 6.54 Å². The average molecular weight is 228 g/mol. The van der Waals surface area contributed by atoms with E-state index in [0.717, 1.165) is 4.31 Å². The van der Waals surface area contributed by atoms with E-state index < -0.39 is 28.6 Å². The summed E-state index contributed by atoms with van der Waals surface area (Å²) in [6.07, 6.45) is 0.188. The summed E-state index contributed by atoms with van der Waals surface area (Å²) in [5.74, 6) is -3.69. The second-order valence-corrected chi connectivity index (χ2v) is 5.37. The van der Waals surface area contributed by atoms with Crippen molar-refractivity contribution in [2.45, 2.75) is 19.3 Å². The van der Waals surface area contributed by atoms with Crippen molar-refractivity contribution in [1.29, 1.82) is 0 Å². The zero-order valence-corrected chi connectivity index (χ0v) is 8.94. The van der Waals surface area contributed by atoms with Gasteiger partial charge in [-0.3, -0.25) is 0 Å². The lowest BCUT2D eigenvalue weighted by atomic mass is 9.96. The van der Waals surface area contributed by atoms with Crippen molar-refractivity contribution in [3.8, 4) is 0 Å². The quantitative estimate of drug-likeness (QED) is 0.745. The fraction of sp³-hybridized carbons (Fsp3) is 1.00. The molecule has 0 saturated carbocycles. The summed E-state index contributed by atoms with van der Waals surface area (Å²) in [4.78, 5) is 0. The number of hydrogen-bond acceptors (Lipinski definition) is 2. The molecule has 1 heterocycles. The monoisotopic (exact) mass is 228 g/mol. The van der Waals surface area contributed by atoms with Gasteiger partial charge in [-0.1, -0.05) is 6.92 Å². The van der Waals surface area contributed by atoms with Crippen LogP contribution in [0.25, 0.3) is 0 Å². The van der Waals surface area contributed by atoms with E-state index in [0.29, 0.717) is 0 Å². The van der Waals surface area contributed by atoms with E-state index in [4.69, 9.17) is 0 Å². The Bertz CT molecular complexity index is 305. The number of nitrogens with one attached hydrogen (secondary N) is 1. The highest BCUT2D eigenvalue weighted by molar-refractivity contribution is 7.87. The molecule has 1 unspecified atom stereocenters. The first-order valence-electron chi connectivity index (χ1n) is 4.36. The van der Waals surface area contributed by atoms with Crippen LogP contribution >= 0.6 is 0 Å². The predicted molar refractivity (Wildman–Crippen MR) is 48.3 cm³/mol. The normalized spacial score (nSPS) is 29.0. The topological polar surface area (TPSA) is 49.4 Å². The lowest BCUT2D eigenvalue weighted by molar-refractivity contribution is -0.0866. The average Bonchev–Trinajstić information content (AvgIpc) is 2.09. The van der Waals surface area contributed by atoms with E-state index >= 15 is 0 Å². The van der Waals surface area contributed by atoms with E-state index in [9.17, 15) is 17.2 Å². The van der Waals surface area contributed by atoms with Gasteiger partial charge >= 0.3 is 0 Å². The number of piperidine rings is 1. The second-order valence-electron chi connectivity index (χ2n) is 3.49. The first-order valence-corrected chi connectivity index (χ1v) is 5.80. The Morgan fingerprint density at radius 2 is 2.07 bits per heavy atom. The van der Waals surface area contributed by atoms with Crippen molar-refractivity contribution in [1.82, 2.24) is 9.03 Å². The van der Waals surface area contributed by atoms with Crippen molar-refractivity contribution in [3.05, 3.63) is 0 Å². The number of halogens is 2. The molecule has 1 aliphatic heterocycles. The van der Waals surface area contributed by atoms with Crippen LogP contribution in [0, 0.1) is 5.92 Å². The van der Waals surface area contributed by atoms with Crippen molar-refractivity contribution in [2.75, 3.05) is 20.1 Å². The predicted octanol–water partition coefficient (Wildman–Crippen LogP) is 0.428. The highest BCUT2D eigenvalue weighted by Crippen LogP contribution is 2.32. The first kappa shape index (κ1) is 11.8. The molecule has 7 heteroatoms. The molecule has 0 radical (unpaired) electrons. The standard InChI is InChI=1S/C7H14F2N2O2S/c1-6-3-4-11(5-7(6,8)9)14(12,13)10-2/h6,10H,3-5H2,1-2H3. The molecule has 0 aromatic rings. The molecule has 1 atom stereocenters. The summed E-state index contributed by atoms with van der Waals surface area (Å²) < 4.78 is 51.6. The van der Waals surface area contributed by atoms with Gasteiger partial charge in [0.25, 0.3) is 16.1 Å². The molecule has 14 heavy (non-hydrogen) atoms. The van der Waals surface area contributed by atoms with Gasteiger partial charge in [0.15, 0.2) is 0 Å². The Kier molecular flexibility index (Phi) is 3.13. The lowest BCUT2D eigenvalue weighted by Crippen LogP contribution is -2.52. The third-order valence-corrected chi connectivity index (χ3v) is 4.02. The fourth-order valence-electron chi connectivity index (χ4n) is 1.35. The highest BCUT2D eigenvalue weighted by Gasteiger charge is 2.44. The molecule has 1 aliphatic rings. The van der Waals surface area contributed by atoms with E-state index in [2.05, 4.69) is 0 Å². The molecule has 1 saturated heterocycles. The number of hydrogen-bond donors (Lipinski definition) is 1. The number of nitrogens with zero attached hydrogens (tertiary/aromatic N) is 1. The van der Waals surface area contributed by atoms with Gasteiger partial charge in [-0.2, -0.15) is 12.7 Å². The van der Waals surface area contributed by atoms with E-state index in [1.54, 1.807) is 0 Å². The summed E-state index contributed by atoms with van der Waals surface area (Å²) in [7, 11) is -2.50. The molecule has 1 rings (SSSR count). The SMILES string of the molecule is CNS(=O)(=O)N1CCC(C)C(F)(F)C1. The largest absolute Gasteiger partial charge is 0.279 e. The summed E-state index contributed by atoms with van der Waals surface area (Å²) in [6, 6.07) is 0. The van der Waals surface area contributed by atoms with Crippen LogP contribution in [0.1, 0.15) is 13.3 Å². The van der Waals surface area contributed by atoms with Crippen LogP contribution in [0.5, 0.6) is 0 Å². The Morgan fingerprint density at radius 3 is 2.50 bits per heavy atom. The number of rotatable bonds is 2. The van der Waals surface area contributed by atoms with Crippen LogP contribution in [0.4, 0.5) is 8.78 Å². The second kappa shape index (κ2) is 3.71. The molecule has 0 amide bonds. The lowest BCUT2D eigenvalue weighted by Gasteiger charge is -2.35. The third-order valence-electron chi connectivity index (χ3n) is 2.52. The van der Waals surface area contributed by atoms with Crippen LogP contribution in [0.2, 0.25) is 0 Å². The van der Waals surface area contributed by atoms with Crippen LogP contribution in [0.15, 0.2) is 0 Å². The zero-order valence-electron chi connectivity index (χ0n) is 8.13.